The third kappa shape index (κ3) is 5.36. The van der Waals surface area contributed by atoms with Crippen molar-refractivity contribution < 1.29 is 0 Å². The lowest BCUT2D eigenvalue weighted by Crippen LogP contribution is -2.13. The fourth-order valence-electron chi connectivity index (χ4n) is 5.02. The van der Waals surface area contributed by atoms with Crippen LogP contribution in [0.1, 0.15) is 101 Å². The van der Waals surface area contributed by atoms with Gasteiger partial charge in [-0.15, -0.1) is 0 Å². The van der Waals surface area contributed by atoms with Crippen LogP contribution in [0, 0.1) is 24.7 Å². The Balaban J connectivity index is 1.31. The smallest absolute Gasteiger partial charge is 0.0162 e. The minimum atomic E-state index is 0.839. The maximum absolute atomic E-state index is 2.37. The van der Waals surface area contributed by atoms with Crippen LogP contribution >= 0.6 is 0 Å². The molecule has 0 saturated heterocycles. The molecule has 0 nitrogen and oxygen atoms in total. The molecule has 1 aromatic carbocycles. The summed E-state index contributed by atoms with van der Waals surface area (Å²) in [5.41, 5.74) is 2.98. The Kier molecular flexibility index (Phi) is 6.81. The van der Waals surface area contributed by atoms with E-state index in [9.17, 15) is 0 Å². The Labute approximate surface area is 150 Å². The van der Waals surface area contributed by atoms with E-state index in [-0.39, 0.29) is 0 Å². The molecule has 2 saturated carbocycles. The summed E-state index contributed by atoms with van der Waals surface area (Å²) in [6.45, 7) is 4.55. The standard InChI is InChI=1S/C24H38/c1-3-6-21(24-17-18-24)8-5-4-7-20-11-15-23(16-12-20)22-13-9-19(2)10-14-22/h9-10,13-14,20-21,23-24H,3-8,11-12,15-18H2,1-2H3. The second-order valence-electron chi connectivity index (χ2n) is 8.80. The Hall–Kier alpha value is -0.780. The summed E-state index contributed by atoms with van der Waals surface area (Å²) < 4.78 is 0. The molecule has 0 aliphatic heterocycles. The van der Waals surface area contributed by atoms with E-state index in [2.05, 4.69) is 38.1 Å². The summed E-state index contributed by atoms with van der Waals surface area (Å²) in [6.07, 6.45) is 17.8. The van der Waals surface area contributed by atoms with Crippen LogP contribution in [0.3, 0.4) is 0 Å². The van der Waals surface area contributed by atoms with E-state index in [0.29, 0.717) is 0 Å². The highest BCUT2D eigenvalue weighted by molar-refractivity contribution is 5.24. The first kappa shape index (κ1) is 18.0. The van der Waals surface area contributed by atoms with Gasteiger partial charge in [-0.1, -0.05) is 75.3 Å². The maximum atomic E-state index is 2.37. The Morgan fingerprint density at radius 1 is 0.875 bits per heavy atom. The monoisotopic (exact) mass is 326 g/mol. The number of benzene rings is 1. The SMILES string of the molecule is CCCC(CCCCC1CCC(c2ccc(C)cc2)CC1)C1CC1. The Morgan fingerprint density at radius 2 is 1.58 bits per heavy atom. The molecule has 24 heavy (non-hydrogen) atoms. The number of hydrogen-bond donors (Lipinski definition) is 0. The molecule has 0 bridgehead atoms. The van der Waals surface area contributed by atoms with Crippen molar-refractivity contribution in [1.29, 1.82) is 0 Å². The average molecular weight is 327 g/mol. The second-order valence-corrected chi connectivity index (χ2v) is 8.80. The lowest BCUT2D eigenvalue weighted by atomic mass is 9.77. The molecule has 0 N–H and O–H groups in total. The molecule has 0 aromatic heterocycles. The summed E-state index contributed by atoms with van der Waals surface area (Å²) in [5, 5.41) is 0. The van der Waals surface area contributed by atoms with Crippen molar-refractivity contribution >= 4 is 0 Å². The molecular formula is C24H38. The van der Waals surface area contributed by atoms with Crippen molar-refractivity contribution in [1.82, 2.24) is 0 Å². The predicted octanol–water partition coefficient (Wildman–Crippen LogP) is 7.66. The van der Waals surface area contributed by atoms with E-state index >= 15 is 0 Å². The summed E-state index contributed by atoms with van der Waals surface area (Å²) >= 11 is 0. The normalized spacial score (nSPS) is 25.6. The van der Waals surface area contributed by atoms with Crippen molar-refractivity contribution in [3.63, 3.8) is 0 Å². The quantitative estimate of drug-likeness (QED) is 0.409. The van der Waals surface area contributed by atoms with Crippen LogP contribution in [0.5, 0.6) is 0 Å². The zero-order valence-corrected chi connectivity index (χ0v) is 16.1. The molecule has 2 aliphatic carbocycles. The van der Waals surface area contributed by atoms with Crippen molar-refractivity contribution in [2.75, 3.05) is 0 Å². The van der Waals surface area contributed by atoms with Crippen LogP contribution in [0.2, 0.25) is 0 Å². The third-order valence-electron chi connectivity index (χ3n) is 6.78. The summed E-state index contributed by atoms with van der Waals surface area (Å²) in [5.74, 6) is 4.06. The third-order valence-corrected chi connectivity index (χ3v) is 6.78. The zero-order valence-electron chi connectivity index (χ0n) is 16.1. The van der Waals surface area contributed by atoms with Gasteiger partial charge in [-0.05, 0) is 74.7 Å². The van der Waals surface area contributed by atoms with Gasteiger partial charge in [0.05, 0.1) is 0 Å². The second kappa shape index (κ2) is 9.07. The van der Waals surface area contributed by atoms with E-state index in [1.165, 1.54) is 82.6 Å². The molecule has 0 radical (unpaired) electrons. The van der Waals surface area contributed by atoms with Crippen LogP contribution in [0.15, 0.2) is 24.3 Å². The highest BCUT2D eigenvalue weighted by Gasteiger charge is 2.30. The highest BCUT2D eigenvalue weighted by Crippen LogP contribution is 2.42. The van der Waals surface area contributed by atoms with Crippen molar-refractivity contribution in [2.45, 2.75) is 96.8 Å². The largest absolute Gasteiger partial charge is 0.0654 e. The minimum absolute atomic E-state index is 0.839. The fraction of sp³-hybridized carbons (Fsp3) is 0.750. The first-order valence-electron chi connectivity index (χ1n) is 10.8. The molecule has 134 valence electrons. The molecule has 2 aliphatic rings. The number of unbranched alkanes of at least 4 members (excludes halogenated alkanes) is 1. The Bertz CT molecular complexity index is 459. The van der Waals surface area contributed by atoms with E-state index in [0.717, 1.165) is 23.7 Å². The van der Waals surface area contributed by atoms with Gasteiger partial charge in [0.25, 0.3) is 0 Å². The molecule has 0 heteroatoms. The van der Waals surface area contributed by atoms with Gasteiger partial charge >= 0.3 is 0 Å². The van der Waals surface area contributed by atoms with Crippen LogP contribution in [0.25, 0.3) is 0 Å². The van der Waals surface area contributed by atoms with Crippen LogP contribution in [-0.4, -0.2) is 0 Å². The lowest BCUT2D eigenvalue weighted by molar-refractivity contribution is 0.294. The summed E-state index contributed by atoms with van der Waals surface area (Å²) in [7, 11) is 0. The highest BCUT2D eigenvalue weighted by atomic mass is 14.4. The maximum Gasteiger partial charge on any atom is -0.0162 e. The first-order valence-corrected chi connectivity index (χ1v) is 10.8. The van der Waals surface area contributed by atoms with Gasteiger partial charge in [-0.2, -0.15) is 0 Å². The van der Waals surface area contributed by atoms with Gasteiger partial charge in [0.15, 0.2) is 0 Å². The minimum Gasteiger partial charge on any atom is -0.0654 e. The number of aryl methyl sites for hydroxylation is 1. The molecule has 0 spiro atoms. The molecule has 1 aromatic rings. The van der Waals surface area contributed by atoms with Gasteiger partial charge in [-0.3, -0.25) is 0 Å². The summed E-state index contributed by atoms with van der Waals surface area (Å²) in [4.78, 5) is 0. The molecule has 3 rings (SSSR count). The van der Waals surface area contributed by atoms with Gasteiger partial charge < -0.3 is 0 Å². The van der Waals surface area contributed by atoms with E-state index in [1.807, 2.05) is 0 Å². The van der Waals surface area contributed by atoms with Crippen LogP contribution < -0.4 is 0 Å². The Morgan fingerprint density at radius 3 is 2.21 bits per heavy atom. The number of rotatable bonds is 9. The average Bonchev–Trinajstić information content (AvgIpc) is 3.44. The van der Waals surface area contributed by atoms with Gasteiger partial charge in [0.2, 0.25) is 0 Å². The molecule has 0 amide bonds. The molecule has 1 atom stereocenters. The van der Waals surface area contributed by atoms with Crippen molar-refractivity contribution in [3.05, 3.63) is 35.4 Å². The van der Waals surface area contributed by atoms with Gasteiger partial charge in [0.1, 0.15) is 0 Å². The molecule has 2 fully saturated rings. The van der Waals surface area contributed by atoms with Crippen molar-refractivity contribution in [2.24, 2.45) is 17.8 Å². The summed E-state index contributed by atoms with van der Waals surface area (Å²) in [6, 6.07) is 9.31. The predicted molar refractivity (Wildman–Crippen MR) is 105 cm³/mol. The van der Waals surface area contributed by atoms with E-state index in [1.54, 1.807) is 5.56 Å². The molecule has 1 unspecified atom stereocenters. The fourth-order valence-corrected chi connectivity index (χ4v) is 5.02. The number of hydrogen-bond acceptors (Lipinski definition) is 0. The van der Waals surface area contributed by atoms with Crippen molar-refractivity contribution in [3.8, 4) is 0 Å². The van der Waals surface area contributed by atoms with Gasteiger partial charge in [0, 0.05) is 0 Å². The van der Waals surface area contributed by atoms with Crippen LogP contribution in [0.4, 0.5) is 0 Å². The topological polar surface area (TPSA) is 0 Å². The molecular weight excluding hydrogens is 288 g/mol. The lowest BCUT2D eigenvalue weighted by Gasteiger charge is -2.29. The zero-order chi connectivity index (χ0) is 16.8. The first-order chi connectivity index (χ1) is 11.8. The van der Waals surface area contributed by atoms with E-state index < -0.39 is 0 Å². The van der Waals surface area contributed by atoms with Gasteiger partial charge in [-0.25, -0.2) is 0 Å². The van der Waals surface area contributed by atoms with E-state index in [4.69, 9.17) is 0 Å². The van der Waals surface area contributed by atoms with Crippen LogP contribution in [-0.2, 0) is 0 Å². The molecule has 0 heterocycles.